The zero-order chi connectivity index (χ0) is 17.3. The van der Waals surface area contributed by atoms with Gasteiger partial charge in [-0.05, 0) is 26.0 Å². The Bertz CT molecular complexity index is 897. The molecule has 6 nitrogen and oxygen atoms in total. The van der Waals surface area contributed by atoms with Crippen molar-refractivity contribution in [2.24, 2.45) is 0 Å². The third-order valence-corrected chi connectivity index (χ3v) is 4.15. The molecule has 0 aliphatic heterocycles. The summed E-state index contributed by atoms with van der Waals surface area (Å²) < 4.78 is 3.54. The van der Waals surface area contributed by atoms with E-state index in [4.69, 9.17) is 9.97 Å². The van der Waals surface area contributed by atoms with E-state index in [1.165, 1.54) is 0 Å². The van der Waals surface area contributed by atoms with Gasteiger partial charge in [-0.25, -0.2) is 0 Å². The van der Waals surface area contributed by atoms with Crippen LogP contribution in [0.15, 0.2) is 61.2 Å². The maximum atomic E-state index is 4.78. The Morgan fingerprint density at radius 3 is 1.62 bits per heavy atom. The number of rotatable bonds is 4. The van der Waals surface area contributed by atoms with Crippen molar-refractivity contribution in [1.82, 2.24) is 29.1 Å². The normalized spacial score (nSPS) is 11.2. The minimum Gasteiger partial charge on any atom is -0.418 e. The zero-order valence-electron chi connectivity index (χ0n) is 14.3. The maximum absolute atomic E-state index is 4.78. The third kappa shape index (κ3) is 3.36. The second-order valence-corrected chi connectivity index (χ2v) is 6.18. The standard InChI is InChI=1S/C19H16N6.Pd/c1-19(2,15-5-3-7-17(22-15)24-11-9-20-13-24)16-6-4-8-18(23-16)25-12-10-21-14-25;/h3-12H,1-2H3;/q-2;+2. The van der Waals surface area contributed by atoms with E-state index in [9.17, 15) is 0 Å². The van der Waals surface area contributed by atoms with Gasteiger partial charge in [0, 0.05) is 29.5 Å². The molecular formula is C19H16N6Pd. The Balaban J connectivity index is 0.00000196. The molecule has 0 bridgehead atoms. The van der Waals surface area contributed by atoms with Crippen LogP contribution in [-0.2, 0) is 25.8 Å². The number of nitrogens with zero attached hydrogens (tertiary/aromatic N) is 6. The molecule has 0 fully saturated rings. The summed E-state index contributed by atoms with van der Waals surface area (Å²) in [5.74, 6) is 1.56. The number of imidazole rings is 2. The van der Waals surface area contributed by atoms with Crippen LogP contribution >= 0.6 is 0 Å². The molecule has 0 atom stereocenters. The van der Waals surface area contributed by atoms with Crippen molar-refractivity contribution in [3.63, 3.8) is 0 Å². The summed E-state index contributed by atoms with van der Waals surface area (Å²) in [6.45, 7) is 4.22. The second-order valence-electron chi connectivity index (χ2n) is 6.18. The zero-order valence-corrected chi connectivity index (χ0v) is 15.8. The van der Waals surface area contributed by atoms with Gasteiger partial charge < -0.3 is 19.1 Å². The first kappa shape index (κ1) is 18.2. The van der Waals surface area contributed by atoms with Gasteiger partial charge in [-0.3, -0.25) is 9.97 Å². The molecule has 0 radical (unpaired) electrons. The smallest absolute Gasteiger partial charge is 0.418 e. The van der Waals surface area contributed by atoms with Gasteiger partial charge in [0.15, 0.2) is 0 Å². The van der Waals surface area contributed by atoms with Crippen LogP contribution in [0.4, 0.5) is 0 Å². The molecule has 26 heavy (non-hydrogen) atoms. The minimum atomic E-state index is -0.368. The predicted molar refractivity (Wildman–Crippen MR) is 92.5 cm³/mol. The van der Waals surface area contributed by atoms with Crippen molar-refractivity contribution in [2.75, 3.05) is 0 Å². The summed E-state index contributed by atoms with van der Waals surface area (Å²) in [6, 6.07) is 11.9. The van der Waals surface area contributed by atoms with Gasteiger partial charge in [0.2, 0.25) is 0 Å². The van der Waals surface area contributed by atoms with Crippen LogP contribution in [-0.4, -0.2) is 29.1 Å². The van der Waals surface area contributed by atoms with E-state index in [1.807, 2.05) is 48.8 Å². The predicted octanol–water partition coefficient (Wildman–Crippen LogP) is 2.77. The van der Waals surface area contributed by atoms with E-state index in [0.29, 0.717) is 0 Å². The first-order valence-corrected chi connectivity index (χ1v) is 7.92. The SMILES string of the molecule is CC(C)(c1cccc(-n2[c-]ncc2)n1)c1cccc(-n2[c-]ncc2)n1.[Pd+2]. The molecule has 132 valence electrons. The first-order valence-electron chi connectivity index (χ1n) is 7.92. The van der Waals surface area contributed by atoms with Crippen LogP contribution in [0, 0.1) is 12.7 Å². The molecule has 0 N–H and O–H groups in total. The van der Waals surface area contributed by atoms with Crippen LogP contribution < -0.4 is 0 Å². The molecule has 0 aliphatic carbocycles. The van der Waals surface area contributed by atoms with Crippen molar-refractivity contribution in [3.8, 4) is 11.6 Å². The molecule has 4 aromatic heterocycles. The minimum absolute atomic E-state index is 0. The fourth-order valence-corrected chi connectivity index (χ4v) is 2.66. The molecule has 4 aromatic rings. The Labute approximate surface area is 165 Å². The molecule has 0 saturated heterocycles. The molecule has 0 aromatic carbocycles. The van der Waals surface area contributed by atoms with Crippen molar-refractivity contribution in [3.05, 3.63) is 85.2 Å². The van der Waals surface area contributed by atoms with Gasteiger partial charge in [0.25, 0.3) is 0 Å². The Morgan fingerprint density at radius 1 is 0.769 bits per heavy atom. The van der Waals surface area contributed by atoms with E-state index in [1.54, 1.807) is 21.5 Å². The van der Waals surface area contributed by atoms with E-state index in [2.05, 4.69) is 36.5 Å². The topological polar surface area (TPSA) is 61.4 Å². The van der Waals surface area contributed by atoms with Crippen molar-refractivity contribution in [2.45, 2.75) is 19.3 Å². The van der Waals surface area contributed by atoms with Crippen molar-refractivity contribution >= 4 is 0 Å². The summed E-state index contributed by atoms with van der Waals surface area (Å²) in [7, 11) is 0. The van der Waals surface area contributed by atoms with Gasteiger partial charge in [0.1, 0.15) is 0 Å². The summed E-state index contributed by atoms with van der Waals surface area (Å²) in [4.78, 5) is 17.5. The third-order valence-electron chi connectivity index (χ3n) is 4.15. The Hall–Kier alpha value is -2.62. The summed E-state index contributed by atoms with van der Waals surface area (Å²) in [6.07, 6.45) is 12.8. The average Bonchev–Trinajstić information content (AvgIpc) is 3.36. The van der Waals surface area contributed by atoms with Crippen LogP contribution in [0.3, 0.4) is 0 Å². The first-order chi connectivity index (χ1) is 12.1. The van der Waals surface area contributed by atoms with Gasteiger partial charge in [-0.1, -0.05) is 49.1 Å². The quantitative estimate of drug-likeness (QED) is 0.366. The number of aromatic nitrogens is 6. The molecular weight excluding hydrogens is 419 g/mol. The van der Waals surface area contributed by atoms with Gasteiger partial charge in [-0.15, -0.1) is 0 Å². The van der Waals surface area contributed by atoms with Gasteiger partial charge >= 0.3 is 20.4 Å². The van der Waals surface area contributed by atoms with Crippen molar-refractivity contribution < 1.29 is 20.4 Å². The molecule has 0 aliphatic rings. The molecule has 0 spiro atoms. The summed E-state index contributed by atoms with van der Waals surface area (Å²) in [5, 5.41) is 0. The van der Waals surface area contributed by atoms with E-state index < -0.39 is 0 Å². The molecule has 0 unspecified atom stereocenters. The summed E-state index contributed by atoms with van der Waals surface area (Å²) in [5.41, 5.74) is 1.48. The monoisotopic (exact) mass is 434 g/mol. The van der Waals surface area contributed by atoms with Crippen LogP contribution in [0.2, 0.25) is 0 Å². The van der Waals surface area contributed by atoms with Crippen molar-refractivity contribution in [1.29, 1.82) is 0 Å². The number of hydrogen-bond acceptors (Lipinski definition) is 4. The molecule has 4 rings (SSSR count). The van der Waals surface area contributed by atoms with Crippen LogP contribution in [0.5, 0.6) is 0 Å². The molecule has 7 heteroatoms. The van der Waals surface area contributed by atoms with E-state index in [-0.39, 0.29) is 25.8 Å². The fraction of sp³-hybridized carbons (Fsp3) is 0.158. The molecule has 0 amide bonds. The van der Waals surface area contributed by atoms with E-state index in [0.717, 1.165) is 23.0 Å². The summed E-state index contributed by atoms with van der Waals surface area (Å²) >= 11 is 0. The van der Waals surface area contributed by atoms with Crippen LogP contribution in [0.1, 0.15) is 25.2 Å². The Kier molecular flexibility index (Phi) is 5.12. The number of pyridine rings is 2. The maximum Gasteiger partial charge on any atom is 2.00 e. The molecule has 4 heterocycles. The largest absolute Gasteiger partial charge is 2.00 e. The Morgan fingerprint density at radius 2 is 1.23 bits per heavy atom. The average molecular weight is 435 g/mol. The van der Waals surface area contributed by atoms with E-state index >= 15 is 0 Å². The van der Waals surface area contributed by atoms with Gasteiger partial charge in [0.05, 0.1) is 11.6 Å². The number of hydrogen-bond donors (Lipinski definition) is 0. The second kappa shape index (κ2) is 7.32. The van der Waals surface area contributed by atoms with Crippen LogP contribution in [0.25, 0.3) is 11.6 Å². The van der Waals surface area contributed by atoms with Gasteiger partial charge in [-0.2, -0.15) is 0 Å². The fourth-order valence-electron chi connectivity index (χ4n) is 2.66. The molecule has 0 saturated carbocycles.